The molecule has 12 heteroatoms. The van der Waals surface area contributed by atoms with E-state index in [-0.39, 0.29) is 12.3 Å². The topological polar surface area (TPSA) is 203 Å². The molecule has 0 saturated heterocycles. The van der Waals surface area contributed by atoms with Crippen LogP contribution >= 0.6 is 11.8 Å². The minimum Gasteiger partial charge on any atom is -0.480 e. The van der Waals surface area contributed by atoms with Crippen LogP contribution in [0.4, 0.5) is 0 Å². The highest BCUT2D eigenvalue weighted by molar-refractivity contribution is 7.98. The van der Waals surface area contributed by atoms with Crippen LogP contribution < -0.4 is 33.2 Å². The third-order valence-corrected chi connectivity index (χ3v) is 6.00. The van der Waals surface area contributed by atoms with E-state index in [0.717, 1.165) is 0 Å². The first-order valence-corrected chi connectivity index (χ1v) is 13.3. The molecule has 0 aliphatic carbocycles. The van der Waals surface area contributed by atoms with Crippen molar-refractivity contribution >= 4 is 35.5 Å². The number of thioether (sulfide) groups is 1. The van der Waals surface area contributed by atoms with Crippen LogP contribution in [-0.4, -0.2) is 78.1 Å². The first-order valence-electron chi connectivity index (χ1n) is 11.9. The van der Waals surface area contributed by atoms with E-state index in [1.165, 1.54) is 0 Å². The van der Waals surface area contributed by atoms with Crippen molar-refractivity contribution < 1.29 is 24.3 Å². The lowest BCUT2D eigenvalue weighted by molar-refractivity contribution is -0.142. The molecule has 198 valence electrons. The number of carbonyl (C=O) groups excluding carboxylic acids is 3. The Balaban J connectivity index is 5.32. The summed E-state index contributed by atoms with van der Waals surface area (Å²) < 4.78 is 0. The average molecular weight is 505 g/mol. The minimum atomic E-state index is -1.15. The zero-order chi connectivity index (χ0) is 26.1. The molecule has 4 unspecified atom stereocenters. The highest BCUT2D eigenvalue weighted by Gasteiger charge is 2.31. The Morgan fingerprint density at radius 1 is 0.794 bits per heavy atom. The van der Waals surface area contributed by atoms with Crippen LogP contribution in [0.3, 0.4) is 0 Å². The quantitative estimate of drug-likeness (QED) is 0.113. The van der Waals surface area contributed by atoms with Crippen LogP contribution in [-0.2, 0) is 19.2 Å². The summed E-state index contributed by atoms with van der Waals surface area (Å²) in [5.41, 5.74) is 16.9. The number of carbonyl (C=O) groups is 4. The number of unbranched alkanes of at least 4 members (excludes halogenated alkanes) is 2. The zero-order valence-electron chi connectivity index (χ0n) is 20.7. The van der Waals surface area contributed by atoms with Gasteiger partial charge in [0.25, 0.3) is 0 Å². The third-order valence-electron chi connectivity index (χ3n) is 5.36. The monoisotopic (exact) mass is 504 g/mol. The van der Waals surface area contributed by atoms with Crippen molar-refractivity contribution in [1.82, 2.24) is 16.0 Å². The first kappa shape index (κ1) is 32.1. The molecule has 10 N–H and O–H groups in total. The van der Waals surface area contributed by atoms with Crippen LogP contribution in [0.1, 0.15) is 58.8 Å². The van der Waals surface area contributed by atoms with E-state index in [4.69, 9.17) is 17.2 Å². The lowest BCUT2D eigenvalue weighted by Gasteiger charge is -2.27. The van der Waals surface area contributed by atoms with E-state index in [1.807, 2.05) is 6.26 Å². The van der Waals surface area contributed by atoms with Gasteiger partial charge in [0, 0.05) is 0 Å². The van der Waals surface area contributed by atoms with Crippen molar-refractivity contribution in [2.24, 2.45) is 23.1 Å². The van der Waals surface area contributed by atoms with E-state index < -0.39 is 47.9 Å². The number of nitrogens with one attached hydrogen (secondary N) is 3. The standard InChI is InChI=1S/C22H44N6O5S/c1-14(2)18(21(31)27-17(22(32)33)9-5-7-12-24)28-20(30)16(8-4-6-11-23)26-19(29)15(25)10-13-34-3/h14-18H,4-13,23-25H2,1-3H3,(H,26,29)(H,27,31)(H,28,30)(H,32,33). The first-order chi connectivity index (χ1) is 16.1. The van der Waals surface area contributed by atoms with E-state index in [0.29, 0.717) is 57.4 Å². The SMILES string of the molecule is CSCCC(N)C(=O)NC(CCCCN)C(=O)NC(C(=O)NC(CCCCN)C(=O)O)C(C)C. The number of carboxylic acids is 1. The van der Waals surface area contributed by atoms with Gasteiger partial charge in [-0.15, -0.1) is 0 Å². The summed E-state index contributed by atoms with van der Waals surface area (Å²) in [7, 11) is 0. The second-order valence-corrected chi connectivity index (χ2v) is 9.63. The van der Waals surface area contributed by atoms with E-state index in [1.54, 1.807) is 25.6 Å². The Morgan fingerprint density at radius 3 is 1.79 bits per heavy atom. The molecule has 34 heavy (non-hydrogen) atoms. The Bertz CT molecular complexity index is 637. The number of hydrogen-bond donors (Lipinski definition) is 7. The zero-order valence-corrected chi connectivity index (χ0v) is 21.5. The lowest BCUT2D eigenvalue weighted by Crippen LogP contribution is -2.58. The van der Waals surface area contributed by atoms with Gasteiger partial charge in [0.15, 0.2) is 0 Å². The number of hydrogen-bond acceptors (Lipinski definition) is 8. The molecular weight excluding hydrogens is 460 g/mol. The normalized spacial score (nSPS) is 14.7. The van der Waals surface area contributed by atoms with Gasteiger partial charge in [0.05, 0.1) is 6.04 Å². The van der Waals surface area contributed by atoms with Crippen molar-refractivity contribution in [3.8, 4) is 0 Å². The van der Waals surface area contributed by atoms with Crippen molar-refractivity contribution in [3.63, 3.8) is 0 Å². The Hall–Kier alpha value is -1.89. The summed E-state index contributed by atoms with van der Waals surface area (Å²) in [5.74, 6) is -2.29. The largest absolute Gasteiger partial charge is 0.480 e. The van der Waals surface area contributed by atoms with Gasteiger partial charge >= 0.3 is 5.97 Å². The smallest absolute Gasteiger partial charge is 0.326 e. The van der Waals surface area contributed by atoms with E-state index >= 15 is 0 Å². The maximum absolute atomic E-state index is 13.0. The molecule has 0 aromatic heterocycles. The minimum absolute atomic E-state index is 0.239. The lowest BCUT2D eigenvalue weighted by atomic mass is 10.0. The van der Waals surface area contributed by atoms with Gasteiger partial charge in [-0.05, 0) is 76.0 Å². The number of aliphatic carboxylic acids is 1. The molecule has 0 aliphatic rings. The third kappa shape index (κ3) is 13.1. The fraction of sp³-hybridized carbons (Fsp3) is 0.818. The Labute approximate surface area is 207 Å². The van der Waals surface area contributed by atoms with Crippen molar-refractivity contribution in [2.45, 2.75) is 83.0 Å². The fourth-order valence-electron chi connectivity index (χ4n) is 3.22. The second kappa shape index (κ2) is 18.4. The molecule has 0 aliphatic heterocycles. The summed E-state index contributed by atoms with van der Waals surface area (Å²) in [4.78, 5) is 50.0. The number of nitrogens with two attached hydrogens (primary N) is 3. The molecule has 0 saturated carbocycles. The summed E-state index contributed by atoms with van der Waals surface area (Å²) >= 11 is 1.57. The van der Waals surface area contributed by atoms with Gasteiger partial charge in [-0.2, -0.15) is 11.8 Å². The molecule has 0 spiro atoms. The molecule has 11 nitrogen and oxygen atoms in total. The van der Waals surface area contributed by atoms with Gasteiger partial charge in [-0.1, -0.05) is 13.8 Å². The fourth-order valence-corrected chi connectivity index (χ4v) is 3.71. The number of carboxylic acid groups (broad SMARTS) is 1. The van der Waals surface area contributed by atoms with Crippen molar-refractivity contribution in [2.75, 3.05) is 25.1 Å². The van der Waals surface area contributed by atoms with Crippen LogP contribution in [0.25, 0.3) is 0 Å². The van der Waals surface area contributed by atoms with E-state index in [9.17, 15) is 24.3 Å². The Kier molecular flexibility index (Phi) is 17.4. The van der Waals surface area contributed by atoms with E-state index in [2.05, 4.69) is 16.0 Å². The maximum Gasteiger partial charge on any atom is 0.326 e. The molecule has 0 bridgehead atoms. The van der Waals surface area contributed by atoms with Crippen LogP contribution in [0.5, 0.6) is 0 Å². The Morgan fingerprint density at radius 2 is 1.32 bits per heavy atom. The van der Waals surface area contributed by atoms with Crippen LogP contribution in [0.15, 0.2) is 0 Å². The molecule has 0 rings (SSSR count). The van der Waals surface area contributed by atoms with Gasteiger partial charge in [0.2, 0.25) is 17.7 Å². The second-order valence-electron chi connectivity index (χ2n) is 8.65. The van der Waals surface area contributed by atoms with Crippen molar-refractivity contribution in [3.05, 3.63) is 0 Å². The van der Waals surface area contributed by atoms with Gasteiger partial charge < -0.3 is 38.3 Å². The molecule has 4 atom stereocenters. The van der Waals surface area contributed by atoms with Crippen molar-refractivity contribution in [1.29, 1.82) is 0 Å². The molecule has 3 amide bonds. The maximum atomic E-state index is 13.0. The molecule has 0 radical (unpaired) electrons. The highest BCUT2D eigenvalue weighted by atomic mass is 32.2. The molecule has 0 fully saturated rings. The molecular formula is C22H44N6O5S. The summed E-state index contributed by atoms with van der Waals surface area (Å²) in [6.45, 7) is 4.38. The summed E-state index contributed by atoms with van der Waals surface area (Å²) in [6, 6.07) is -3.67. The number of rotatable bonds is 19. The predicted octanol–water partition coefficient (Wildman–Crippen LogP) is -0.480. The average Bonchev–Trinajstić information content (AvgIpc) is 2.78. The molecule has 0 aromatic carbocycles. The summed E-state index contributed by atoms with van der Waals surface area (Å²) in [6.07, 6.45) is 5.45. The predicted molar refractivity (Wildman–Crippen MR) is 135 cm³/mol. The highest BCUT2D eigenvalue weighted by Crippen LogP contribution is 2.09. The molecule has 0 heterocycles. The van der Waals surface area contributed by atoms with Gasteiger partial charge in [-0.25, -0.2) is 4.79 Å². The van der Waals surface area contributed by atoms with Gasteiger partial charge in [-0.3, -0.25) is 14.4 Å². The molecule has 0 aromatic rings. The summed E-state index contributed by atoms with van der Waals surface area (Å²) in [5, 5.41) is 17.3. The number of amides is 3. The van der Waals surface area contributed by atoms with Crippen LogP contribution in [0, 0.1) is 5.92 Å². The van der Waals surface area contributed by atoms with Crippen LogP contribution in [0.2, 0.25) is 0 Å². The van der Waals surface area contributed by atoms with Gasteiger partial charge in [0.1, 0.15) is 18.1 Å².